The van der Waals surface area contributed by atoms with E-state index in [9.17, 15) is 4.79 Å². The summed E-state index contributed by atoms with van der Waals surface area (Å²) < 4.78 is 0. The number of hydrogen-bond donors (Lipinski definition) is 2. The van der Waals surface area contributed by atoms with Crippen LogP contribution in [0.4, 0.5) is 5.82 Å². The average Bonchev–Trinajstić information content (AvgIpc) is 2.39. The quantitative estimate of drug-likeness (QED) is 0.847. The molecule has 0 saturated heterocycles. The highest BCUT2D eigenvalue weighted by Crippen LogP contribution is 2.35. The molecule has 0 unspecified atom stereocenters. The van der Waals surface area contributed by atoms with Crippen LogP contribution in [0.2, 0.25) is 5.02 Å². The minimum Gasteiger partial charge on any atom is -0.370 e. The summed E-state index contributed by atoms with van der Waals surface area (Å²) in [5, 5.41) is 6.47. The zero-order chi connectivity index (χ0) is 15.5. The van der Waals surface area contributed by atoms with E-state index in [1.807, 2.05) is 6.92 Å². The fourth-order valence-corrected chi connectivity index (χ4v) is 2.79. The van der Waals surface area contributed by atoms with Crippen molar-refractivity contribution in [1.29, 1.82) is 0 Å². The van der Waals surface area contributed by atoms with Crippen molar-refractivity contribution in [3.05, 3.63) is 22.8 Å². The van der Waals surface area contributed by atoms with Gasteiger partial charge in [0.25, 0.3) is 5.91 Å². The molecule has 1 fully saturated rings. The van der Waals surface area contributed by atoms with E-state index in [0.717, 1.165) is 19.4 Å². The monoisotopic (exact) mass is 310 g/mol. The van der Waals surface area contributed by atoms with E-state index in [1.54, 1.807) is 6.07 Å². The smallest absolute Gasteiger partial charge is 0.253 e. The minimum absolute atomic E-state index is 0.0969. The molecule has 1 aliphatic rings. The Hall–Kier alpha value is -1.33. The second-order valence-electron chi connectivity index (χ2n) is 5.73. The first-order valence-corrected chi connectivity index (χ1v) is 7.71. The van der Waals surface area contributed by atoms with E-state index in [4.69, 9.17) is 11.6 Å². The Morgan fingerprint density at radius 3 is 2.71 bits per heavy atom. The fraction of sp³-hybridized carbons (Fsp3) is 0.600. The van der Waals surface area contributed by atoms with Crippen LogP contribution >= 0.6 is 11.6 Å². The normalized spacial score (nSPS) is 16.4. The van der Waals surface area contributed by atoms with Gasteiger partial charge in [0, 0.05) is 24.8 Å². The SMILES string of the molecule is CCNc1cc(C(=O)NCC2(N(C)C)CCC2)c(Cl)cn1. The van der Waals surface area contributed by atoms with E-state index in [1.165, 1.54) is 12.6 Å². The number of carbonyl (C=O) groups is 1. The summed E-state index contributed by atoms with van der Waals surface area (Å²) in [4.78, 5) is 18.7. The number of halogens is 1. The summed E-state index contributed by atoms with van der Waals surface area (Å²) >= 11 is 6.09. The molecule has 0 bridgehead atoms. The van der Waals surface area contributed by atoms with E-state index in [-0.39, 0.29) is 11.4 Å². The first-order chi connectivity index (χ1) is 9.98. The number of anilines is 1. The van der Waals surface area contributed by atoms with Gasteiger partial charge in [-0.05, 0) is 46.3 Å². The summed E-state index contributed by atoms with van der Waals surface area (Å²) in [5.41, 5.74) is 0.565. The number of hydrogen-bond acceptors (Lipinski definition) is 4. The fourth-order valence-electron chi connectivity index (χ4n) is 2.60. The van der Waals surface area contributed by atoms with Crippen molar-refractivity contribution in [1.82, 2.24) is 15.2 Å². The van der Waals surface area contributed by atoms with Crippen molar-refractivity contribution in [2.75, 3.05) is 32.5 Å². The molecule has 1 amide bonds. The molecule has 1 saturated carbocycles. The van der Waals surface area contributed by atoms with Crippen LogP contribution in [0.15, 0.2) is 12.3 Å². The molecule has 0 aromatic carbocycles. The number of rotatable bonds is 6. The maximum Gasteiger partial charge on any atom is 0.253 e. The first kappa shape index (κ1) is 16.0. The molecule has 6 heteroatoms. The van der Waals surface area contributed by atoms with E-state index in [2.05, 4.69) is 34.6 Å². The van der Waals surface area contributed by atoms with Gasteiger partial charge >= 0.3 is 0 Å². The third-order valence-corrected chi connectivity index (χ3v) is 4.57. The van der Waals surface area contributed by atoms with Crippen molar-refractivity contribution in [3.8, 4) is 0 Å². The van der Waals surface area contributed by atoms with Gasteiger partial charge in [-0.2, -0.15) is 0 Å². The van der Waals surface area contributed by atoms with Gasteiger partial charge in [-0.3, -0.25) is 4.79 Å². The molecule has 1 aliphatic carbocycles. The molecule has 1 aromatic rings. The zero-order valence-corrected chi connectivity index (χ0v) is 13.6. The summed E-state index contributed by atoms with van der Waals surface area (Å²) in [6, 6.07) is 1.70. The lowest BCUT2D eigenvalue weighted by Crippen LogP contribution is -2.57. The standard InChI is InChI=1S/C15H23ClN4O/c1-4-17-13-8-11(12(16)9-18-13)14(21)19-10-15(20(2)3)6-5-7-15/h8-9H,4-7,10H2,1-3H3,(H,17,18)(H,19,21). The van der Waals surface area contributed by atoms with Gasteiger partial charge in [0.05, 0.1) is 10.6 Å². The number of amides is 1. The molecule has 0 aliphatic heterocycles. The maximum atomic E-state index is 12.4. The van der Waals surface area contributed by atoms with Gasteiger partial charge in [0.1, 0.15) is 5.82 Å². The third-order valence-electron chi connectivity index (χ3n) is 4.27. The number of carbonyl (C=O) groups excluding carboxylic acids is 1. The summed E-state index contributed by atoms with van der Waals surface area (Å²) in [6.07, 6.45) is 4.97. The molecular weight excluding hydrogens is 288 g/mol. The van der Waals surface area contributed by atoms with Crippen molar-refractivity contribution in [2.24, 2.45) is 0 Å². The van der Waals surface area contributed by atoms with Gasteiger partial charge in [-0.15, -0.1) is 0 Å². The maximum absolute atomic E-state index is 12.4. The Balaban J connectivity index is 2.04. The van der Waals surface area contributed by atoms with Gasteiger partial charge < -0.3 is 15.5 Å². The number of aromatic nitrogens is 1. The second-order valence-corrected chi connectivity index (χ2v) is 6.14. The molecule has 1 heterocycles. The molecule has 0 radical (unpaired) electrons. The van der Waals surface area contributed by atoms with Gasteiger partial charge in [0.15, 0.2) is 0 Å². The van der Waals surface area contributed by atoms with Crippen molar-refractivity contribution >= 4 is 23.3 Å². The second kappa shape index (κ2) is 6.62. The zero-order valence-electron chi connectivity index (χ0n) is 12.9. The van der Waals surface area contributed by atoms with Crippen LogP contribution in [0.25, 0.3) is 0 Å². The Morgan fingerprint density at radius 1 is 1.48 bits per heavy atom. The van der Waals surface area contributed by atoms with Gasteiger partial charge in [-0.25, -0.2) is 4.98 Å². The predicted octanol–water partition coefficient (Wildman–Crippen LogP) is 2.38. The van der Waals surface area contributed by atoms with Crippen molar-refractivity contribution < 1.29 is 4.79 Å². The highest BCUT2D eigenvalue weighted by atomic mass is 35.5. The molecule has 0 spiro atoms. The molecule has 5 nitrogen and oxygen atoms in total. The topological polar surface area (TPSA) is 57.3 Å². The molecule has 116 valence electrons. The lowest BCUT2D eigenvalue weighted by atomic mass is 9.75. The Bertz CT molecular complexity index is 514. The minimum atomic E-state index is -0.144. The molecule has 21 heavy (non-hydrogen) atoms. The van der Waals surface area contributed by atoms with Crippen LogP contribution in [0.5, 0.6) is 0 Å². The van der Waals surface area contributed by atoms with Crippen LogP contribution in [0, 0.1) is 0 Å². The largest absolute Gasteiger partial charge is 0.370 e. The molecule has 2 N–H and O–H groups in total. The number of nitrogens with zero attached hydrogens (tertiary/aromatic N) is 2. The molecule has 0 atom stereocenters. The van der Waals surface area contributed by atoms with E-state index < -0.39 is 0 Å². The first-order valence-electron chi connectivity index (χ1n) is 7.33. The van der Waals surface area contributed by atoms with Gasteiger partial charge in [0.2, 0.25) is 0 Å². The van der Waals surface area contributed by atoms with Crippen LogP contribution in [-0.2, 0) is 0 Å². The summed E-state index contributed by atoms with van der Waals surface area (Å²) in [5.74, 6) is 0.521. The average molecular weight is 311 g/mol. The lowest BCUT2D eigenvalue weighted by molar-refractivity contribution is 0.0557. The molecule has 1 aromatic heterocycles. The summed E-state index contributed by atoms with van der Waals surface area (Å²) in [7, 11) is 4.13. The van der Waals surface area contributed by atoms with Crippen LogP contribution in [0.3, 0.4) is 0 Å². The Labute approximate surface area is 131 Å². The summed E-state index contributed by atoms with van der Waals surface area (Å²) in [6.45, 7) is 3.38. The number of nitrogens with one attached hydrogen (secondary N) is 2. The van der Waals surface area contributed by atoms with Crippen molar-refractivity contribution in [3.63, 3.8) is 0 Å². The highest BCUT2D eigenvalue weighted by Gasteiger charge is 2.39. The van der Waals surface area contributed by atoms with Crippen LogP contribution < -0.4 is 10.6 Å². The lowest BCUT2D eigenvalue weighted by Gasteiger charge is -2.47. The Morgan fingerprint density at radius 2 is 2.19 bits per heavy atom. The van der Waals surface area contributed by atoms with Gasteiger partial charge in [-0.1, -0.05) is 11.6 Å². The molecule has 2 rings (SSSR count). The van der Waals surface area contributed by atoms with Crippen LogP contribution in [-0.4, -0.2) is 48.5 Å². The third kappa shape index (κ3) is 3.47. The highest BCUT2D eigenvalue weighted by molar-refractivity contribution is 6.33. The molecular formula is C15H23ClN4O. The Kier molecular flexibility index (Phi) is 5.06. The van der Waals surface area contributed by atoms with Crippen LogP contribution in [0.1, 0.15) is 36.5 Å². The van der Waals surface area contributed by atoms with Crippen molar-refractivity contribution in [2.45, 2.75) is 31.7 Å². The van der Waals surface area contributed by atoms with E-state index >= 15 is 0 Å². The number of pyridine rings is 1. The van der Waals surface area contributed by atoms with E-state index in [0.29, 0.717) is 22.9 Å². The number of likely N-dealkylation sites (N-methyl/N-ethyl adjacent to an activating group) is 1. The predicted molar refractivity (Wildman–Crippen MR) is 86.0 cm³/mol.